The van der Waals surface area contributed by atoms with Gasteiger partial charge in [0.15, 0.2) is 0 Å². The Kier molecular flexibility index (Phi) is 6.04. The molecule has 0 spiro atoms. The van der Waals surface area contributed by atoms with E-state index in [4.69, 9.17) is 25.5 Å². The third-order valence-corrected chi connectivity index (χ3v) is 4.97. The van der Waals surface area contributed by atoms with Gasteiger partial charge in [0.2, 0.25) is 11.8 Å². The zero-order chi connectivity index (χ0) is 21.8. The monoisotopic (exact) mass is 439 g/mol. The molecule has 0 aliphatic carbocycles. The van der Waals surface area contributed by atoms with Crippen LogP contribution in [0.15, 0.2) is 71.1 Å². The summed E-state index contributed by atoms with van der Waals surface area (Å²) in [5.74, 6) is 1.40. The second kappa shape index (κ2) is 9.06. The lowest BCUT2D eigenvalue weighted by molar-refractivity contribution is 0.394. The molecule has 3 aromatic carbocycles. The molecule has 0 saturated heterocycles. The standard InChI is InChI=1S/C23H19ClFN3O3/c1-29-17-11-16(12-18(13-17)30-2)26-21(19-9-8-15(25)10-20(19)24)23-28-27-22(31-23)14-6-4-3-5-7-14/h3-13,21,26H,1-2H3/t21-/m0/s1. The van der Waals surface area contributed by atoms with Crippen LogP contribution in [0.5, 0.6) is 11.5 Å². The molecule has 0 saturated carbocycles. The van der Waals surface area contributed by atoms with Crippen LogP contribution in [-0.4, -0.2) is 24.4 Å². The number of nitrogens with zero attached hydrogens (tertiary/aromatic N) is 2. The van der Waals surface area contributed by atoms with Crippen LogP contribution in [0, 0.1) is 5.82 Å². The van der Waals surface area contributed by atoms with Crippen molar-refractivity contribution in [3.63, 3.8) is 0 Å². The molecule has 158 valence electrons. The van der Waals surface area contributed by atoms with Crippen molar-refractivity contribution < 1.29 is 18.3 Å². The molecule has 0 bridgehead atoms. The summed E-state index contributed by atoms with van der Waals surface area (Å²) >= 11 is 6.36. The van der Waals surface area contributed by atoms with Crippen molar-refractivity contribution in [3.05, 3.63) is 89.0 Å². The van der Waals surface area contributed by atoms with Crippen LogP contribution in [0.25, 0.3) is 11.5 Å². The maximum absolute atomic E-state index is 13.7. The van der Waals surface area contributed by atoms with Crippen molar-refractivity contribution in [2.45, 2.75) is 6.04 Å². The Bertz CT molecular complexity index is 1160. The van der Waals surface area contributed by atoms with Gasteiger partial charge < -0.3 is 19.2 Å². The maximum atomic E-state index is 13.7. The van der Waals surface area contributed by atoms with E-state index in [0.29, 0.717) is 28.6 Å². The van der Waals surface area contributed by atoms with Crippen molar-refractivity contribution in [3.8, 4) is 23.0 Å². The van der Waals surface area contributed by atoms with Crippen LogP contribution in [0.2, 0.25) is 5.02 Å². The summed E-state index contributed by atoms with van der Waals surface area (Å²) in [6.45, 7) is 0. The highest BCUT2D eigenvalue weighted by molar-refractivity contribution is 6.31. The van der Waals surface area contributed by atoms with Crippen LogP contribution >= 0.6 is 11.6 Å². The summed E-state index contributed by atoms with van der Waals surface area (Å²) in [5, 5.41) is 11.9. The highest BCUT2D eigenvalue weighted by atomic mass is 35.5. The number of benzene rings is 3. The van der Waals surface area contributed by atoms with Gasteiger partial charge in [-0.25, -0.2) is 4.39 Å². The molecule has 6 nitrogen and oxygen atoms in total. The second-order valence-corrected chi connectivity index (χ2v) is 7.06. The predicted octanol–water partition coefficient (Wildman–Crippen LogP) is 5.75. The Labute approximate surface area is 183 Å². The molecule has 0 aliphatic rings. The van der Waals surface area contributed by atoms with Crippen molar-refractivity contribution in [2.24, 2.45) is 0 Å². The molecule has 0 aliphatic heterocycles. The van der Waals surface area contributed by atoms with Gasteiger partial charge in [0.25, 0.3) is 0 Å². The summed E-state index contributed by atoms with van der Waals surface area (Å²) in [7, 11) is 3.13. The Morgan fingerprint density at radius 3 is 2.29 bits per heavy atom. The van der Waals surface area contributed by atoms with Gasteiger partial charge in [-0.15, -0.1) is 10.2 Å². The molecule has 0 fully saturated rings. The van der Waals surface area contributed by atoms with Crippen LogP contribution in [-0.2, 0) is 0 Å². The molecule has 0 unspecified atom stereocenters. The first-order valence-corrected chi connectivity index (χ1v) is 9.78. The predicted molar refractivity (Wildman–Crippen MR) is 116 cm³/mol. The minimum Gasteiger partial charge on any atom is -0.497 e. The number of halogens is 2. The average Bonchev–Trinajstić information content (AvgIpc) is 3.28. The van der Waals surface area contributed by atoms with Gasteiger partial charge in [0.05, 0.1) is 14.2 Å². The third kappa shape index (κ3) is 4.62. The lowest BCUT2D eigenvalue weighted by atomic mass is 10.1. The summed E-state index contributed by atoms with van der Waals surface area (Å²) in [5.41, 5.74) is 2.03. The molecule has 8 heteroatoms. The van der Waals surface area contributed by atoms with Gasteiger partial charge in [-0.3, -0.25) is 0 Å². The van der Waals surface area contributed by atoms with Crippen LogP contribution in [0.4, 0.5) is 10.1 Å². The highest BCUT2D eigenvalue weighted by Gasteiger charge is 2.24. The maximum Gasteiger partial charge on any atom is 0.247 e. The summed E-state index contributed by atoms with van der Waals surface area (Å²) in [6.07, 6.45) is 0. The van der Waals surface area contributed by atoms with Gasteiger partial charge >= 0.3 is 0 Å². The highest BCUT2D eigenvalue weighted by Crippen LogP contribution is 2.35. The Hall–Kier alpha value is -3.58. The van der Waals surface area contributed by atoms with Crippen molar-refractivity contribution in [1.82, 2.24) is 10.2 Å². The van der Waals surface area contributed by atoms with Gasteiger partial charge in [-0.05, 0) is 24.3 Å². The summed E-state index contributed by atoms with van der Waals surface area (Å²) in [4.78, 5) is 0. The minimum absolute atomic E-state index is 0.229. The van der Waals surface area contributed by atoms with E-state index in [1.807, 2.05) is 30.3 Å². The van der Waals surface area contributed by atoms with Crippen molar-refractivity contribution in [2.75, 3.05) is 19.5 Å². The number of nitrogens with one attached hydrogen (secondary N) is 1. The first-order valence-electron chi connectivity index (χ1n) is 9.40. The molecule has 1 heterocycles. The number of anilines is 1. The molecular formula is C23H19ClFN3O3. The summed E-state index contributed by atoms with van der Waals surface area (Å²) in [6, 6.07) is 18.3. The Morgan fingerprint density at radius 1 is 0.935 bits per heavy atom. The fourth-order valence-electron chi connectivity index (χ4n) is 3.11. The molecule has 1 N–H and O–H groups in total. The molecule has 0 amide bonds. The zero-order valence-electron chi connectivity index (χ0n) is 16.8. The zero-order valence-corrected chi connectivity index (χ0v) is 17.6. The number of hydrogen-bond donors (Lipinski definition) is 1. The molecule has 1 atom stereocenters. The normalized spacial score (nSPS) is 11.7. The van der Waals surface area contributed by atoms with Gasteiger partial charge in [-0.1, -0.05) is 35.9 Å². The average molecular weight is 440 g/mol. The van der Waals surface area contributed by atoms with E-state index in [1.165, 1.54) is 12.1 Å². The van der Waals surface area contributed by atoms with Crippen molar-refractivity contribution >= 4 is 17.3 Å². The Morgan fingerprint density at radius 2 is 1.65 bits per heavy atom. The van der Waals surface area contributed by atoms with E-state index in [1.54, 1.807) is 38.5 Å². The Balaban J connectivity index is 1.77. The number of methoxy groups -OCH3 is 2. The first-order chi connectivity index (χ1) is 15.1. The lowest BCUT2D eigenvalue weighted by Crippen LogP contribution is -2.14. The van der Waals surface area contributed by atoms with E-state index in [-0.39, 0.29) is 10.9 Å². The molecule has 31 heavy (non-hydrogen) atoms. The molecule has 0 radical (unpaired) electrons. The van der Waals surface area contributed by atoms with Crippen LogP contribution in [0.3, 0.4) is 0 Å². The fraction of sp³-hybridized carbons (Fsp3) is 0.130. The summed E-state index contributed by atoms with van der Waals surface area (Å²) < 4.78 is 30.3. The number of hydrogen-bond acceptors (Lipinski definition) is 6. The molecule has 1 aromatic heterocycles. The number of ether oxygens (including phenoxy) is 2. The smallest absolute Gasteiger partial charge is 0.247 e. The SMILES string of the molecule is COc1cc(N[C@H](c2nnc(-c3ccccc3)o2)c2ccc(F)cc2Cl)cc(OC)c1. The largest absolute Gasteiger partial charge is 0.497 e. The second-order valence-electron chi connectivity index (χ2n) is 6.66. The van der Waals surface area contributed by atoms with E-state index in [0.717, 1.165) is 5.56 Å². The third-order valence-electron chi connectivity index (χ3n) is 4.64. The number of rotatable bonds is 7. The fourth-order valence-corrected chi connectivity index (χ4v) is 3.39. The van der Waals surface area contributed by atoms with E-state index < -0.39 is 11.9 Å². The topological polar surface area (TPSA) is 69.4 Å². The lowest BCUT2D eigenvalue weighted by Gasteiger charge is -2.19. The molecule has 4 aromatic rings. The van der Waals surface area contributed by atoms with E-state index in [9.17, 15) is 4.39 Å². The van der Waals surface area contributed by atoms with Gasteiger partial charge in [0.1, 0.15) is 23.4 Å². The van der Waals surface area contributed by atoms with Gasteiger partial charge in [-0.2, -0.15) is 0 Å². The molecule has 4 rings (SSSR count). The first kappa shape index (κ1) is 20.7. The quantitative estimate of drug-likeness (QED) is 0.395. The number of aromatic nitrogens is 2. The van der Waals surface area contributed by atoms with E-state index in [2.05, 4.69) is 15.5 Å². The van der Waals surface area contributed by atoms with Gasteiger partial charge in [0, 0.05) is 40.0 Å². The molecular weight excluding hydrogens is 421 g/mol. The van der Waals surface area contributed by atoms with Crippen LogP contribution < -0.4 is 14.8 Å². The minimum atomic E-state index is -0.644. The van der Waals surface area contributed by atoms with Crippen molar-refractivity contribution in [1.29, 1.82) is 0 Å². The van der Waals surface area contributed by atoms with Crippen LogP contribution in [0.1, 0.15) is 17.5 Å². The van der Waals surface area contributed by atoms with E-state index >= 15 is 0 Å².